The number of nitrogens with zero attached hydrogens (tertiary/aromatic N) is 4. The van der Waals surface area contributed by atoms with E-state index in [2.05, 4.69) is 22.3 Å². The summed E-state index contributed by atoms with van der Waals surface area (Å²) >= 11 is 0. The molecule has 20 heavy (non-hydrogen) atoms. The zero-order valence-corrected chi connectivity index (χ0v) is 12.5. The Kier molecular flexibility index (Phi) is 4.72. The van der Waals surface area contributed by atoms with Crippen LogP contribution in [-0.2, 0) is 16.0 Å². The molecule has 1 aromatic rings. The molecule has 0 radical (unpaired) electrons. The Bertz CT molecular complexity index is 472. The quantitative estimate of drug-likeness (QED) is 0.750. The molecule has 2 rings (SSSR count). The fourth-order valence-corrected chi connectivity index (χ4v) is 2.44. The molecule has 1 aromatic heterocycles. The number of aromatic nitrogens is 3. The second-order valence-electron chi connectivity index (χ2n) is 5.41. The van der Waals surface area contributed by atoms with Crippen molar-refractivity contribution in [1.29, 1.82) is 0 Å². The average Bonchev–Trinajstić information content (AvgIpc) is 2.81. The van der Waals surface area contributed by atoms with Gasteiger partial charge in [-0.15, -0.1) is 5.10 Å². The SMILES string of the molecule is COC(=O)c1nnn(CC2CN(C)CCO2)c1C(C)C. The predicted molar refractivity (Wildman–Crippen MR) is 72.7 cm³/mol. The van der Waals surface area contributed by atoms with E-state index in [9.17, 15) is 4.79 Å². The van der Waals surface area contributed by atoms with Gasteiger partial charge in [0.15, 0.2) is 5.69 Å². The van der Waals surface area contributed by atoms with E-state index in [4.69, 9.17) is 9.47 Å². The van der Waals surface area contributed by atoms with Crippen molar-refractivity contribution in [2.75, 3.05) is 33.9 Å². The van der Waals surface area contributed by atoms with Crippen molar-refractivity contribution in [3.8, 4) is 0 Å². The van der Waals surface area contributed by atoms with Crippen LogP contribution in [0.1, 0.15) is 35.9 Å². The van der Waals surface area contributed by atoms with Crippen LogP contribution in [0.25, 0.3) is 0 Å². The second kappa shape index (κ2) is 6.32. The van der Waals surface area contributed by atoms with Gasteiger partial charge in [-0.2, -0.15) is 0 Å². The van der Waals surface area contributed by atoms with E-state index in [1.165, 1.54) is 7.11 Å². The van der Waals surface area contributed by atoms with Crippen LogP contribution in [0.15, 0.2) is 0 Å². The molecule has 1 unspecified atom stereocenters. The van der Waals surface area contributed by atoms with E-state index in [0.29, 0.717) is 12.2 Å². The van der Waals surface area contributed by atoms with Crippen LogP contribution < -0.4 is 0 Å². The van der Waals surface area contributed by atoms with E-state index < -0.39 is 5.97 Å². The lowest BCUT2D eigenvalue weighted by Crippen LogP contribution is -2.42. The van der Waals surface area contributed by atoms with Gasteiger partial charge in [0.2, 0.25) is 0 Å². The number of morpholine rings is 1. The van der Waals surface area contributed by atoms with Gasteiger partial charge in [-0.3, -0.25) is 0 Å². The van der Waals surface area contributed by atoms with Crippen LogP contribution in [0.5, 0.6) is 0 Å². The van der Waals surface area contributed by atoms with E-state index >= 15 is 0 Å². The van der Waals surface area contributed by atoms with Crippen LogP contribution in [0.3, 0.4) is 0 Å². The Hall–Kier alpha value is -1.47. The van der Waals surface area contributed by atoms with Crippen LogP contribution in [-0.4, -0.2) is 65.8 Å². The molecule has 1 fully saturated rings. The van der Waals surface area contributed by atoms with E-state index in [0.717, 1.165) is 25.4 Å². The Morgan fingerprint density at radius 3 is 2.90 bits per heavy atom. The van der Waals surface area contributed by atoms with Crippen LogP contribution in [0.2, 0.25) is 0 Å². The monoisotopic (exact) mass is 282 g/mol. The number of carbonyl (C=O) groups is 1. The molecule has 1 aliphatic rings. The van der Waals surface area contributed by atoms with Crippen LogP contribution >= 0.6 is 0 Å². The van der Waals surface area contributed by atoms with Crippen molar-refractivity contribution in [1.82, 2.24) is 19.9 Å². The first-order valence-corrected chi connectivity index (χ1v) is 6.84. The minimum atomic E-state index is -0.443. The maximum atomic E-state index is 11.7. The lowest BCUT2D eigenvalue weighted by atomic mass is 10.1. The summed E-state index contributed by atoms with van der Waals surface area (Å²) in [4.78, 5) is 13.9. The summed E-state index contributed by atoms with van der Waals surface area (Å²) < 4.78 is 12.3. The largest absolute Gasteiger partial charge is 0.464 e. The topological polar surface area (TPSA) is 69.5 Å². The first-order valence-electron chi connectivity index (χ1n) is 6.84. The molecule has 0 aromatic carbocycles. The van der Waals surface area contributed by atoms with E-state index in [1.807, 2.05) is 13.8 Å². The van der Waals surface area contributed by atoms with Crippen molar-refractivity contribution in [3.63, 3.8) is 0 Å². The molecular weight excluding hydrogens is 260 g/mol. The Morgan fingerprint density at radius 2 is 2.30 bits per heavy atom. The molecule has 1 saturated heterocycles. The standard InChI is InChI=1S/C13H22N4O3/c1-9(2)12-11(13(18)19-4)14-15-17(12)8-10-7-16(3)5-6-20-10/h9-10H,5-8H2,1-4H3. The highest BCUT2D eigenvalue weighted by atomic mass is 16.5. The molecule has 1 atom stereocenters. The third kappa shape index (κ3) is 3.16. The molecule has 0 aliphatic carbocycles. The van der Waals surface area contributed by atoms with Gasteiger partial charge < -0.3 is 14.4 Å². The van der Waals surface area contributed by atoms with Crippen molar-refractivity contribution >= 4 is 5.97 Å². The fraction of sp³-hybridized carbons (Fsp3) is 0.769. The first-order chi connectivity index (χ1) is 9.52. The molecule has 0 bridgehead atoms. The highest BCUT2D eigenvalue weighted by molar-refractivity contribution is 5.88. The number of rotatable bonds is 4. The Labute approximate surface area is 118 Å². The minimum absolute atomic E-state index is 0.0680. The van der Waals surface area contributed by atoms with Gasteiger partial charge in [0.05, 0.1) is 32.1 Å². The lowest BCUT2D eigenvalue weighted by molar-refractivity contribution is -0.0297. The minimum Gasteiger partial charge on any atom is -0.464 e. The molecule has 7 heteroatoms. The summed E-state index contributed by atoms with van der Waals surface area (Å²) in [6.45, 7) is 7.13. The number of esters is 1. The molecule has 0 N–H and O–H groups in total. The summed E-state index contributed by atoms with van der Waals surface area (Å²) in [6, 6.07) is 0. The molecule has 7 nitrogen and oxygen atoms in total. The summed E-state index contributed by atoms with van der Waals surface area (Å²) in [7, 11) is 3.42. The number of hydrogen-bond acceptors (Lipinski definition) is 6. The highest BCUT2D eigenvalue weighted by Crippen LogP contribution is 2.19. The van der Waals surface area contributed by atoms with Gasteiger partial charge in [0.1, 0.15) is 0 Å². The predicted octanol–water partition coefficient (Wildman–Crippen LogP) is 0.519. The third-order valence-electron chi connectivity index (χ3n) is 3.42. The summed E-state index contributed by atoms with van der Waals surface area (Å²) in [5.41, 5.74) is 1.10. The number of ether oxygens (including phenoxy) is 2. The van der Waals surface area contributed by atoms with Crippen molar-refractivity contribution in [3.05, 3.63) is 11.4 Å². The van der Waals surface area contributed by atoms with Gasteiger partial charge in [-0.05, 0) is 13.0 Å². The second-order valence-corrected chi connectivity index (χ2v) is 5.41. The van der Waals surface area contributed by atoms with Gasteiger partial charge in [0.25, 0.3) is 0 Å². The van der Waals surface area contributed by atoms with Crippen molar-refractivity contribution in [2.45, 2.75) is 32.4 Å². The highest BCUT2D eigenvalue weighted by Gasteiger charge is 2.25. The molecule has 1 aliphatic heterocycles. The van der Waals surface area contributed by atoms with Gasteiger partial charge in [0, 0.05) is 13.1 Å². The summed E-state index contributed by atoms with van der Waals surface area (Å²) in [5, 5.41) is 8.05. The molecule has 0 amide bonds. The first kappa shape index (κ1) is 14.9. The van der Waals surface area contributed by atoms with E-state index in [1.54, 1.807) is 4.68 Å². The summed E-state index contributed by atoms with van der Waals surface area (Å²) in [6.07, 6.45) is 0.0680. The fourth-order valence-electron chi connectivity index (χ4n) is 2.44. The number of hydrogen-bond donors (Lipinski definition) is 0. The number of methoxy groups -OCH3 is 1. The van der Waals surface area contributed by atoms with Gasteiger partial charge >= 0.3 is 5.97 Å². The molecule has 0 saturated carbocycles. The zero-order valence-electron chi connectivity index (χ0n) is 12.5. The zero-order chi connectivity index (χ0) is 14.7. The van der Waals surface area contributed by atoms with Gasteiger partial charge in [-0.25, -0.2) is 9.48 Å². The third-order valence-corrected chi connectivity index (χ3v) is 3.42. The van der Waals surface area contributed by atoms with Gasteiger partial charge in [-0.1, -0.05) is 19.1 Å². The smallest absolute Gasteiger partial charge is 0.360 e. The van der Waals surface area contributed by atoms with Crippen molar-refractivity contribution in [2.24, 2.45) is 0 Å². The van der Waals surface area contributed by atoms with Crippen LogP contribution in [0.4, 0.5) is 0 Å². The number of likely N-dealkylation sites (N-methyl/N-ethyl adjacent to an activating group) is 1. The molecular formula is C13H22N4O3. The molecule has 0 spiro atoms. The number of carbonyl (C=O) groups excluding carboxylic acids is 1. The molecule has 112 valence electrons. The average molecular weight is 282 g/mol. The van der Waals surface area contributed by atoms with E-state index in [-0.39, 0.29) is 12.0 Å². The lowest BCUT2D eigenvalue weighted by Gasteiger charge is -2.30. The Balaban J connectivity index is 2.19. The molecule has 2 heterocycles. The maximum absolute atomic E-state index is 11.7. The maximum Gasteiger partial charge on any atom is 0.360 e. The Morgan fingerprint density at radius 1 is 1.55 bits per heavy atom. The summed E-state index contributed by atoms with van der Waals surface area (Å²) in [5.74, 6) is -0.304. The van der Waals surface area contributed by atoms with Crippen LogP contribution in [0, 0.1) is 0 Å². The van der Waals surface area contributed by atoms with Crippen molar-refractivity contribution < 1.29 is 14.3 Å². The normalized spacial score (nSPS) is 20.4.